The molecule has 0 heterocycles. The fourth-order valence-electron chi connectivity index (χ4n) is 3.19. The van der Waals surface area contributed by atoms with Crippen LogP contribution < -0.4 is 14.8 Å². The highest BCUT2D eigenvalue weighted by atomic mass is 16.5. The lowest BCUT2D eigenvalue weighted by atomic mass is 9.71. The number of rotatable bonds is 5. The van der Waals surface area contributed by atoms with E-state index in [0.29, 0.717) is 6.04 Å². The molecule has 1 aromatic rings. The van der Waals surface area contributed by atoms with Gasteiger partial charge in [-0.3, -0.25) is 0 Å². The first kappa shape index (κ1) is 12.5. The van der Waals surface area contributed by atoms with Gasteiger partial charge in [-0.1, -0.05) is 18.2 Å². The number of ether oxygens (including phenoxy) is 2. The molecule has 1 saturated carbocycles. The quantitative estimate of drug-likeness (QED) is 0.825. The van der Waals surface area contributed by atoms with Crippen molar-refractivity contribution in [2.24, 2.45) is 11.8 Å². The molecule has 0 radical (unpaired) electrons. The molecule has 0 amide bonds. The van der Waals surface area contributed by atoms with Gasteiger partial charge in [0.05, 0.1) is 14.2 Å². The van der Waals surface area contributed by atoms with Crippen LogP contribution in [0, 0.1) is 11.8 Å². The predicted molar refractivity (Wildman–Crippen MR) is 75.5 cm³/mol. The minimum Gasteiger partial charge on any atom is -0.497 e. The third-order valence-corrected chi connectivity index (χ3v) is 4.41. The SMILES string of the molecule is COc1ccc(CNC2CC3CC=CC32)c(OC)c1. The largest absolute Gasteiger partial charge is 0.497 e. The van der Waals surface area contributed by atoms with Crippen LogP contribution in [0.3, 0.4) is 0 Å². The van der Waals surface area contributed by atoms with Crippen LogP contribution in [0.2, 0.25) is 0 Å². The zero-order valence-electron chi connectivity index (χ0n) is 11.6. The van der Waals surface area contributed by atoms with Gasteiger partial charge in [0.2, 0.25) is 0 Å². The van der Waals surface area contributed by atoms with Crippen molar-refractivity contribution < 1.29 is 9.47 Å². The molecular weight excluding hydrogens is 238 g/mol. The molecule has 19 heavy (non-hydrogen) atoms. The van der Waals surface area contributed by atoms with E-state index in [1.165, 1.54) is 18.4 Å². The summed E-state index contributed by atoms with van der Waals surface area (Å²) >= 11 is 0. The van der Waals surface area contributed by atoms with Crippen molar-refractivity contribution in [3.63, 3.8) is 0 Å². The lowest BCUT2D eigenvalue weighted by molar-refractivity contribution is 0.162. The number of nitrogens with one attached hydrogen (secondary N) is 1. The van der Waals surface area contributed by atoms with E-state index in [1.54, 1.807) is 14.2 Å². The van der Waals surface area contributed by atoms with Gasteiger partial charge in [-0.15, -0.1) is 0 Å². The highest BCUT2D eigenvalue weighted by molar-refractivity contribution is 5.40. The standard InChI is InChI=1S/C16H21NO2/c1-18-13-7-6-12(16(9-13)19-2)10-17-15-8-11-4-3-5-14(11)15/h3,5-7,9,11,14-15,17H,4,8,10H2,1-2H3. The molecule has 0 saturated heterocycles. The van der Waals surface area contributed by atoms with E-state index in [4.69, 9.17) is 9.47 Å². The van der Waals surface area contributed by atoms with E-state index in [1.807, 2.05) is 12.1 Å². The van der Waals surface area contributed by atoms with Crippen molar-refractivity contribution in [3.8, 4) is 11.5 Å². The topological polar surface area (TPSA) is 30.5 Å². The number of hydrogen-bond donors (Lipinski definition) is 1. The number of methoxy groups -OCH3 is 2. The second kappa shape index (κ2) is 5.25. The minimum absolute atomic E-state index is 0.635. The highest BCUT2D eigenvalue weighted by Gasteiger charge is 2.40. The lowest BCUT2D eigenvalue weighted by Gasteiger charge is -2.40. The Hall–Kier alpha value is -1.48. The molecule has 102 valence electrons. The van der Waals surface area contributed by atoms with Crippen LogP contribution in [0.4, 0.5) is 0 Å². The summed E-state index contributed by atoms with van der Waals surface area (Å²) in [5.41, 5.74) is 1.19. The molecule has 3 nitrogen and oxygen atoms in total. The fourth-order valence-corrected chi connectivity index (χ4v) is 3.19. The van der Waals surface area contributed by atoms with Crippen LogP contribution in [-0.2, 0) is 6.54 Å². The first-order valence-electron chi connectivity index (χ1n) is 6.92. The monoisotopic (exact) mass is 259 g/mol. The van der Waals surface area contributed by atoms with Gasteiger partial charge in [0.25, 0.3) is 0 Å². The van der Waals surface area contributed by atoms with Crippen LogP contribution in [0.5, 0.6) is 11.5 Å². The molecule has 2 aliphatic rings. The Morgan fingerprint density at radius 2 is 2.16 bits per heavy atom. The minimum atomic E-state index is 0.635. The Kier molecular flexibility index (Phi) is 3.47. The average Bonchev–Trinajstić information content (AvgIpc) is 2.80. The number of fused-ring (bicyclic) bond motifs is 1. The molecule has 0 aromatic heterocycles. The van der Waals surface area contributed by atoms with Gasteiger partial charge in [0, 0.05) is 24.2 Å². The van der Waals surface area contributed by atoms with Gasteiger partial charge >= 0.3 is 0 Å². The summed E-state index contributed by atoms with van der Waals surface area (Å²) in [6.07, 6.45) is 7.27. The van der Waals surface area contributed by atoms with E-state index in [0.717, 1.165) is 29.9 Å². The molecule has 0 aliphatic heterocycles. The molecule has 3 atom stereocenters. The molecule has 2 aliphatic carbocycles. The smallest absolute Gasteiger partial charge is 0.127 e. The summed E-state index contributed by atoms with van der Waals surface area (Å²) in [5.74, 6) is 3.38. The number of benzene rings is 1. The van der Waals surface area contributed by atoms with Crippen LogP contribution in [-0.4, -0.2) is 20.3 Å². The van der Waals surface area contributed by atoms with Gasteiger partial charge in [0.1, 0.15) is 11.5 Å². The maximum absolute atomic E-state index is 5.42. The maximum Gasteiger partial charge on any atom is 0.127 e. The Morgan fingerprint density at radius 3 is 2.89 bits per heavy atom. The van der Waals surface area contributed by atoms with Crippen molar-refractivity contribution in [2.45, 2.75) is 25.4 Å². The Morgan fingerprint density at radius 1 is 1.26 bits per heavy atom. The molecule has 1 fully saturated rings. The number of allylic oxidation sites excluding steroid dienone is 1. The van der Waals surface area contributed by atoms with E-state index in [9.17, 15) is 0 Å². The van der Waals surface area contributed by atoms with Gasteiger partial charge < -0.3 is 14.8 Å². The van der Waals surface area contributed by atoms with Crippen molar-refractivity contribution >= 4 is 0 Å². The highest BCUT2D eigenvalue weighted by Crippen LogP contribution is 2.42. The Labute approximate surface area is 114 Å². The first-order valence-corrected chi connectivity index (χ1v) is 6.92. The molecule has 3 heteroatoms. The van der Waals surface area contributed by atoms with Gasteiger partial charge in [-0.2, -0.15) is 0 Å². The van der Waals surface area contributed by atoms with Gasteiger partial charge in [-0.05, 0) is 30.7 Å². The predicted octanol–water partition coefficient (Wildman–Crippen LogP) is 2.76. The van der Waals surface area contributed by atoms with E-state index in [2.05, 4.69) is 23.5 Å². The summed E-state index contributed by atoms with van der Waals surface area (Å²) < 4.78 is 10.6. The van der Waals surface area contributed by atoms with E-state index in [-0.39, 0.29) is 0 Å². The molecule has 1 aromatic carbocycles. The molecule has 1 N–H and O–H groups in total. The molecular formula is C16H21NO2. The van der Waals surface area contributed by atoms with Crippen LogP contribution >= 0.6 is 0 Å². The summed E-state index contributed by atoms with van der Waals surface area (Å²) in [7, 11) is 3.38. The van der Waals surface area contributed by atoms with Crippen molar-refractivity contribution in [1.29, 1.82) is 0 Å². The van der Waals surface area contributed by atoms with Crippen LogP contribution in [0.15, 0.2) is 30.4 Å². The summed E-state index contributed by atoms with van der Waals surface area (Å²) in [4.78, 5) is 0. The second-order valence-corrected chi connectivity index (χ2v) is 5.40. The van der Waals surface area contributed by atoms with Crippen molar-refractivity contribution in [1.82, 2.24) is 5.32 Å². The second-order valence-electron chi connectivity index (χ2n) is 5.40. The van der Waals surface area contributed by atoms with Crippen LogP contribution in [0.1, 0.15) is 18.4 Å². The number of hydrogen-bond acceptors (Lipinski definition) is 3. The summed E-state index contributed by atoms with van der Waals surface area (Å²) in [5, 5.41) is 3.65. The van der Waals surface area contributed by atoms with Crippen molar-refractivity contribution in [3.05, 3.63) is 35.9 Å². The lowest BCUT2D eigenvalue weighted by Crippen LogP contribution is -2.47. The third kappa shape index (κ3) is 2.35. The first-order chi connectivity index (χ1) is 9.31. The Balaban J connectivity index is 1.62. The molecule has 3 unspecified atom stereocenters. The third-order valence-electron chi connectivity index (χ3n) is 4.41. The Bertz CT molecular complexity index is 484. The molecule has 3 rings (SSSR count). The fraction of sp³-hybridized carbons (Fsp3) is 0.500. The average molecular weight is 259 g/mol. The normalized spacial score (nSPS) is 27.8. The van der Waals surface area contributed by atoms with Gasteiger partial charge in [-0.25, -0.2) is 0 Å². The summed E-state index contributed by atoms with van der Waals surface area (Å²) in [6, 6.07) is 6.63. The maximum atomic E-state index is 5.42. The van der Waals surface area contributed by atoms with Gasteiger partial charge in [0.15, 0.2) is 0 Å². The van der Waals surface area contributed by atoms with E-state index < -0.39 is 0 Å². The van der Waals surface area contributed by atoms with Crippen molar-refractivity contribution in [2.75, 3.05) is 14.2 Å². The molecule has 0 bridgehead atoms. The van der Waals surface area contributed by atoms with Crippen LogP contribution in [0.25, 0.3) is 0 Å². The zero-order valence-corrected chi connectivity index (χ0v) is 11.6. The summed E-state index contributed by atoms with van der Waals surface area (Å²) in [6.45, 7) is 0.856. The molecule has 0 spiro atoms. The zero-order chi connectivity index (χ0) is 13.2. The van der Waals surface area contributed by atoms with E-state index >= 15 is 0 Å².